The molecule has 1 unspecified atom stereocenters. The lowest BCUT2D eigenvalue weighted by Crippen LogP contribution is -2.49. The van der Waals surface area contributed by atoms with E-state index >= 15 is 0 Å². The van der Waals surface area contributed by atoms with Gasteiger partial charge in [-0.25, -0.2) is 8.42 Å². The summed E-state index contributed by atoms with van der Waals surface area (Å²) in [6.45, 7) is 6.02. The Balaban J connectivity index is 1.46. The highest BCUT2D eigenvalue weighted by Crippen LogP contribution is 2.35. The van der Waals surface area contributed by atoms with Gasteiger partial charge in [0, 0.05) is 45.2 Å². The summed E-state index contributed by atoms with van der Waals surface area (Å²) < 4.78 is 27.3. The van der Waals surface area contributed by atoms with Crippen molar-refractivity contribution in [1.82, 2.24) is 14.5 Å². The molecule has 31 heavy (non-hydrogen) atoms. The predicted molar refractivity (Wildman–Crippen MR) is 118 cm³/mol. The number of anilines is 1. The van der Waals surface area contributed by atoms with Crippen molar-refractivity contribution in [2.45, 2.75) is 56.4 Å². The number of amides is 2. The highest BCUT2D eigenvalue weighted by molar-refractivity contribution is 7.89. The van der Waals surface area contributed by atoms with Crippen LogP contribution in [0.1, 0.15) is 44.6 Å². The van der Waals surface area contributed by atoms with Gasteiger partial charge in [0.25, 0.3) is 0 Å². The molecule has 2 saturated heterocycles. The Morgan fingerprint density at radius 3 is 2.39 bits per heavy atom. The molecule has 8 nitrogen and oxygen atoms in total. The van der Waals surface area contributed by atoms with Crippen molar-refractivity contribution in [3.63, 3.8) is 0 Å². The Hall–Kier alpha value is -1.97. The number of carbonyl (C=O) groups is 2. The van der Waals surface area contributed by atoms with Gasteiger partial charge in [0.1, 0.15) is 6.04 Å². The largest absolute Gasteiger partial charge is 0.353 e. The molecule has 1 N–H and O–H groups in total. The molecule has 9 heteroatoms. The molecule has 0 saturated carbocycles. The number of nitrogens with zero attached hydrogens (tertiary/aromatic N) is 3. The number of piperidine rings is 1. The number of hydrogen-bond donors (Lipinski definition) is 1. The first-order valence-electron chi connectivity index (χ1n) is 11.3. The third kappa shape index (κ3) is 4.63. The van der Waals surface area contributed by atoms with Gasteiger partial charge in [-0.15, -0.1) is 0 Å². The van der Waals surface area contributed by atoms with Crippen molar-refractivity contribution in [3.05, 3.63) is 23.8 Å². The summed E-state index contributed by atoms with van der Waals surface area (Å²) in [6, 6.07) is 4.22. The normalized spacial score (nSPS) is 22.5. The first-order valence-corrected chi connectivity index (χ1v) is 12.7. The number of sulfonamides is 1. The summed E-state index contributed by atoms with van der Waals surface area (Å²) >= 11 is 0. The monoisotopic (exact) mass is 448 g/mol. The van der Waals surface area contributed by atoms with Gasteiger partial charge in [-0.2, -0.15) is 4.31 Å². The van der Waals surface area contributed by atoms with Crippen LogP contribution >= 0.6 is 0 Å². The highest BCUT2D eigenvalue weighted by Gasteiger charge is 2.38. The summed E-state index contributed by atoms with van der Waals surface area (Å²) in [5.41, 5.74) is 1.36. The van der Waals surface area contributed by atoms with E-state index in [4.69, 9.17) is 0 Å². The summed E-state index contributed by atoms with van der Waals surface area (Å²) in [7, 11) is -3.54. The van der Waals surface area contributed by atoms with E-state index in [1.807, 2.05) is 0 Å². The Morgan fingerprint density at radius 1 is 1.03 bits per heavy atom. The van der Waals surface area contributed by atoms with Gasteiger partial charge >= 0.3 is 0 Å². The van der Waals surface area contributed by atoms with Crippen LogP contribution in [-0.4, -0.2) is 74.7 Å². The molecule has 3 heterocycles. The zero-order valence-corrected chi connectivity index (χ0v) is 19.0. The summed E-state index contributed by atoms with van der Waals surface area (Å²) in [5.74, 6) is -0.405. The average Bonchev–Trinajstić information content (AvgIpc) is 3.42. The summed E-state index contributed by atoms with van der Waals surface area (Å²) in [6.07, 6.45) is 5.75. The van der Waals surface area contributed by atoms with Gasteiger partial charge in [-0.05, 0) is 62.5 Å². The second kappa shape index (κ2) is 9.26. The molecule has 0 aliphatic carbocycles. The smallest absolute Gasteiger partial charge is 0.243 e. The van der Waals surface area contributed by atoms with Gasteiger partial charge in [0.2, 0.25) is 21.8 Å². The van der Waals surface area contributed by atoms with Crippen LogP contribution in [0, 0.1) is 0 Å². The number of nitrogens with one attached hydrogen (secondary N) is 1. The van der Waals surface area contributed by atoms with Crippen molar-refractivity contribution < 1.29 is 18.0 Å². The lowest BCUT2D eigenvalue weighted by atomic mass is 10.1. The van der Waals surface area contributed by atoms with Crippen LogP contribution in [0.4, 0.5) is 5.69 Å². The van der Waals surface area contributed by atoms with Crippen molar-refractivity contribution in [3.8, 4) is 0 Å². The Kier molecular flexibility index (Phi) is 6.64. The standard InChI is InChI=1S/C22H32N4O4S/c1-17(27)26-20-8-7-19(31(29,30)25-12-5-6-13-25)15-18(20)16-21(26)22(28)23-9-14-24-10-3-2-4-11-24/h7-8,15,21H,2-6,9-14,16H2,1H3,(H,23,28). The van der Waals surface area contributed by atoms with Gasteiger partial charge in [0.15, 0.2) is 0 Å². The fraction of sp³-hybridized carbons (Fsp3) is 0.636. The van der Waals surface area contributed by atoms with Crippen LogP contribution in [0.3, 0.4) is 0 Å². The molecule has 170 valence electrons. The molecule has 0 bridgehead atoms. The van der Waals surface area contributed by atoms with E-state index in [1.54, 1.807) is 18.2 Å². The minimum atomic E-state index is -3.54. The van der Waals surface area contributed by atoms with Crippen LogP contribution in [0.15, 0.2) is 23.1 Å². The van der Waals surface area contributed by atoms with E-state index in [0.29, 0.717) is 31.7 Å². The average molecular weight is 449 g/mol. The van der Waals surface area contributed by atoms with Gasteiger partial charge in [-0.3, -0.25) is 14.5 Å². The highest BCUT2D eigenvalue weighted by atomic mass is 32.2. The number of rotatable bonds is 6. The van der Waals surface area contributed by atoms with E-state index < -0.39 is 16.1 Å². The van der Waals surface area contributed by atoms with Gasteiger partial charge in [0.05, 0.1) is 4.90 Å². The molecule has 0 aromatic heterocycles. The number of benzene rings is 1. The van der Waals surface area contributed by atoms with Crippen LogP contribution in [-0.2, 0) is 26.0 Å². The number of fused-ring (bicyclic) bond motifs is 1. The molecule has 0 spiro atoms. The van der Waals surface area contributed by atoms with Gasteiger partial charge < -0.3 is 10.2 Å². The topological polar surface area (TPSA) is 90.0 Å². The van der Waals surface area contributed by atoms with Crippen molar-refractivity contribution in [1.29, 1.82) is 0 Å². The third-order valence-corrected chi connectivity index (χ3v) is 8.45. The first-order chi connectivity index (χ1) is 14.9. The molecule has 4 rings (SSSR count). The molecule has 2 amide bonds. The third-order valence-electron chi connectivity index (χ3n) is 6.56. The Labute approximate surface area is 184 Å². The molecule has 0 radical (unpaired) electrons. The van der Waals surface area contributed by atoms with Crippen LogP contribution in [0.5, 0.6) is 0 Å². The fourth-order valence-corrected chi connectivity index (χ4v) is 6.47. The Morgan fingerprint density at radius 2 is 1.71 bits per heavy atom. The van der Waals surface area contributed by atoms with Crippen molar-refractivity contribution >= 4 is 27.5 Å². The maximum absolute atomic E-state index is 12.9. The van der Waals surface area contributed by atoms with E-state index in [0.717, 1.165) is 38.0 Å². The summed E-state index contributed by atoms with van der Waals surface area (Å²) in [4.78, 5) is 29.3. The van der Waals surface area contributed by atoms with E-state index in [-0.39, 0.29) is 16.7 Å². The van der Waals surface area contributed by atoms with E-state index in [1.165, 1.54) is 35.4 Å². The number of likely N-dealkylation sites (tertiary alicyclic amines) is 1. The minimum absolute atomic E-state index is 0.188. The molecule has 2 fully saturated rings. The molecular weight excluding hydrogens is 416 g/mol. The lowest BCUT2D eigenvalue weighted by molar-refractivity contribution is -0.125. The quantitative estimate of drug-likeness (QED) is 0.710. The molecule has 3 aliphatic heterocycles. The first kappa shape index (κ1) is 22.2. The van der Waals surface area contributed by atoms with Crippen LogP contribution in [0.2, 0.25) is 0 Å². The van der Waals surface area contributed by atoms with Crippen molar-refractivity contribution in [2.75, 3.05) is 44.2 Å². The number of carbonyl (C=O) groups excluding carboxylic acids is 2. The molecular formula is C22H32N4O4S. The summed E-state index contributed by atoms with van der Waals surface area (Å²) in [5, 5.41) is 2.98. The molecule has 1 atom stereocenters. The second-order valence-corrected chi connectivity index (χ2v) is 10.6. The maximum Gasteiger partial charge on any atom is 0.243 e. The van der Waals surface area contributed by atoms with Crippen LogP contribution in [0.25, 0.3) is 0 Å². The predicted octanol–water partition coefficient (Wildman–Crippen LogP) is 1.35. The zero-order valence-electron chi connectivity index (χ0n) is 18.2. The van der Waals surface area contributed by atoms with E-state index in [2.05, 4.69) is 10.2 Å². The van der Waals surface area contributed by atoms with E-state index in [9.17, 15) is 18.0 Å². The Bertz CT molecular complexity index is 937. The maximum atomic E-state index is 12.9. The SMILES string of the molecule is CC(=O)N1c2ccc(S(=O)(=O)N3CCCC3)cc2CC1C(=O)NCCN1CCCCC1. The number of hydrogen-bond acceptors (Lipinski definition) is 5. The minimum Gasteiger partial charge on any atom is -0.353 e. The molecule has 1 aromatic rings. The van der Waals surface area contributed by atoms with Crippen LogP contribution < -0.4 is 10.2 Å². The fourth-order valence-electron chi connectivity index (χ4n) is 4.90. The zero-order chi connectivity index (χ0) is 22.0. The van der Waals surface area contributed by atoms with Crippen molar-refractivity contribution in [2.24, 2.45) is 0 Å². The van der Waals surface area contributed by atoms with Gasteiger partial charge in [-0.1, -0.05) is 6.42 Å². The lowest BCUT2D eigenvalue weighted by Gasteiger charge is -2.27. The second-order valence-electron chi connectivity index (χ2n) is 8.70. The molecule has 1 aromatic carbocycles. The molecule has 3 aliphatic rings.